The van der Waals surface area contributed by atoms with Gasteiger partial charge in [-0.2, -0.15) is 5.10 Å². The normalized spacial score (nSPS) is 15.6. The molecule has 1 N–H and O–H groups in total. The van der Waals surface area contributed by atoms with Crippen LogP contribution in [0.5, 0.6) is 0 Å². The number of nitrogens with one attached hydrogen (secondary N) is 1. The van der Waals surface area contributed by atoms with Gasteiger partial charge in [0.1, 0.15) is 5.82 Å². The van der Waals surface area contributed by atoms with Gasteiger partial charge in [-0.1, -0.05) is 0 Å². The average Bonchev–Trinajstić information content (AvgIpc) is 3.10. The molecule has 7 heteroatoms. The molecule has 0 unspecified atom stereocenters. The standard InChI is InChI=1S/C16H22N6O/c23-16(3-1-9-22-10-2-6-19-22)20-14-4-11-21(12-5-14)15-13-17-7-8-18-15/h2,6-8,10,13-14H,1,3-5,9,11-12H2,(H,20,23). The number of amides is 1. The van der Waals surface area contributed by atoms with E-state index in [2.05, 4.69) is 25.3 Å². The second-order valence-corrected chi connectivity index (χ2v) is 5.77. The fraction of sp³-hybridized carbons (Fsp3) is 0.500. The van der Waals surface area contributed by atoms with Gasteiger partial charge in [-0.15, -0.1) is 0 Å². The maximum Gasteiger partial charge on any atom is 0.220 e. The number of anilines is 1. The summed E-state index contributed by atoms with van der Waals surface area (Å²) >= 11 is 0. The number of carbonyl (C=O) groups excluding carboxylic acids is 1. The molecule has 0 aliphatic carbocycles. The van der Waals surface area contributed by atoms with Crippen LogP contribution in [0.3, 0.4) is 0 Å². The molecule has 2 aromatic rings. The van der Waals surface area contributed by atoms with Crippen molar-refractivity contribution in [1.82, 2.24) is 25.1 Å². The predicted octanol–water partition coefficient (Wildman–Crippen LogP) is 1.24. The van der Waals surface area contributed by atoms with E-state index in [9.17, 15) is 4.79 Å². The number of aryl methyl sites for hydroxylation is 1. The quantitative estimate of drug-likeness (QED) is 0.868. The van der Waals surface area contributed by atoms with Crippen LogP contribution in [-0.2, 0) is 11.3 Å². The van der Waals surface area contributed by atoms with E-state index in [0.717, 1.165) is 44.7 Å². The Morgan fingerprint density at radius 3 is 2.83 bits per heavy atom. The van der Waals surface area contributed by atoms with Gasteiger partial charge in [0.2, 0.25) is 5.91 Å². The van der Waals surface area contributed by atoms with Gasteiger partial charge in [0.15, 0.2) is 0 Å². The third kappa shape index (κ3) is 4.51. The topological polar surface area (TPSA) is 75.9 Å². The zero-order chi connectivity index (χ0) is 15.9. The van der Waals surface area contributed by atoms with Gasteiger partial charge < -0.3 is 10.2 Å². The van der Waals surface area contributed by atoms with Crippen molar-refractivity contribution >= 4 is 11.7 Å². The lowest BCUT2D eigenvalue weighted by atomic mass is 10.0. The van der Waals surface area contributed by atoms with E-state index in [4.69, 9.17) is 0 Å². The molecule has 1 saturated heterocycles. The molecule has 1 aliphatic rings. The van der Waals surface area contributed by atoms with Crippen LogP contribution in [0.4, 0.5) is 5.82 Å². The Bertz CT molecular complexity index is 592. The van der Waals surface area contributed by atoms with Gasteiger partial charge in [-0.25, -0.2) is 4.98 Å². The van der Waals surface area contributed by atoms with Crippen molar-refractivity contribution in [2.75, 3.05) is 18.0 Å². The highest BCUT2D eigenvalue weighted by atomic mass is 16.1. The molecule has 1 fully saturated rings. The van der Waals surface area contributed by atoms with Gasteiger partial charge in [0.25, 0.3) is 0 Å². The molecular formula is C16H22N6O. The monoisotopic (exact) mass is 314 g/mol. The second kappa shape index (κ2) is 7.71. The Balaban J connectivity index is 1.36. The molecular weight excluding hydrogens is 292 g/mol. The van der Waals surface area contributed by atoms with Crippen molar-refractivity contribution in [1.29, 1.82) is 0 Å². The van der Waals surface area contributed by atoms with Crippen LogP contribution in [0.2, 0.25) is 0 Å². The summed E-state index contributed by atoms with van der Waals surface area (Å²) in [5, 5.41) is 7.27. The largest absolute Gasteiger partial charge is 0.355 e. The Hall–Kier alpha value is -2.44. The van der Waals surface area contributed by atoms with Crippen LogP contribution in [0.25, 0.3) is 0 Å². The van der Waals surface area contributed by atoms with Crippen molar-refractivity contribution in [3.05, 3.63) is 37.1 Å². The first-order chi connectivity index (χ1) is 11.3. The maximum atomic E-state index is 12.0. The lowest BCUT2D eigenvalue weighted by Gasteiger charge is -2.32. The zero-order valence-electron chi connectivity index (χ0n) is 13.1. The molecule has 0 spiro atoms. The molecule has 0 atom stereocenters. The van der Waals surface area contributed by atoms with Gasteiger partial charge >= 0.3 is 0 Å². The molecule has 0 aromatic carbocycles. The molecule has 1 aliphatic heterocycles. The molecule has 23 heavy (non-hydrogen) atoms. The average molecular weight is 314 g/mol. The number of rotatable bonds is 6. The summed E-state index contributed by atoms with van der Waals surface area (Å²) in [6, 6.07) is 2.16. The molecule has 1 amide bonds. The Labute approximate surface area is 135 Å². The third-order valence-corrected chi connectivity index (χ3v) is 4.08. The number of carbonyl (C=O) groups is 1. The van der Waals surface area contributed by atoms with Crippen molar-refractivity contribution < 1.29 is 4.79 Å². The first-order valence-electron chi connectivity index (χ1n) is 8.09. The van der Waals surface area contributed by atoms with Crippen LogP contribution >= 0.6 is 0 Å². The van der Waals surface area contributed by atoms with E-state index in [1.165, 1.54) is 0 Å². The van der Waals surface area contributed by atoms with E-state index in [1.54, 1.807) is 24.8 Å². The van der Waals surface area contributed by atoms with E-state index in [0.29, 0.717) is 6.42 Å². The summed E-state index contributed by atoms with van der Waals surface area (Å²) in [5.41, 5.74) is 0. The van der Waals surface area contributed by atoms with Crippen LogP contribution in [-0.4, -0.2) is 44.8 Å². The van der Waals surface area contributed by atoms with Crippen molar-refractivity contribution in [3.63, 3.8) is 0 Å². The molecule has 2 aromatic heterocycles. The summed E-state index contributed by atoms with van der Waals surface area (Å²) in [7, 11) is 0. The Morgan fingerprint density at radius 2 is 2.13 bits per heavy atom. The van der Waals surface area contributed by atoms with Crippen LogP contribution in [0.15, 0.2) is 37.1 Å². The van der Waals surface area contributed by atoms with Crippen LogP contribution in [0, 0.1) is 0 Å². The fourth-order valence-corrected chi connectivity index (χ4v) is 2.84. The summed E-state index contributed by atoms with van der Waals surface area (Å²) in [5.74, 6) is 1.05. The van der Waals surface area contributed by atoms with Crippen molar-refractivity contribution in [3.8, 4) is 0 Å². The summed E-state index contributed by atoms with van der Waals surface area (Å²) in [6.07, 6.45) is 12.1. The number of piperidine rings is 1. The smallest absolute Gasteiger partial charge is 0.220 e. The molecule has 0 saturated carbocycles. The third-order valence-electron chi connectivity index (χ3n) is 4.08. The number of aromatic nitrogens is 4. The molecule has 3 heterocycles. The molecule has 3 rings (SSSR count). The highest BCUT2D eigenvalue weighted by Crippen LogP contribution is 2.16. The van der Waals surface area contributed by atoms with E-state index >= 15 is 0 Å². The summed E-state index contributed by atoms with van der Waals surface area (Å²) in [6.45, 7) is 2.58. The highest BCUT2D eigenvalue weighted by Gasteiger charge is 2.21. The van der Waals surface area contributed by atoms with Crippen molar-refractivity contribution in [2.24, 2.45) is 0 Å². The molecule has 0 bridgehead atoms. The zero-order valence-corrected chi connectivity index (χ0v) is 13.1. The summed E-state index contributed by atoms with van der Waals surface area (Å²) in [4.78, 5) is 22.7. The minimum absolute atomic E-state index is 0.134. The summed E-state index contributed by atoms with van der Waals surface area (Å²) < 4.78 is 1.85. The lowest BCUT2D eigenvalue weighted by molar-refractivity contribution is -0.122. The maximum absolute atomic E-state index is 12.0. The molecule has 7 nitrogen and oxygen atoms in total. The number of nitrogens with zero attached hydrogens (tertiary/aromatic N) is 5. The first-order valence-corrected chi connectivity index (χ1v) is 8.09. The fourth-order valence-electron chi connectivity index (χ4n) is 2.84. The molecule has 122 valence electrons. The lowest BCUT2D eigenvalue weighted by Crippen LogP contribution is -2.45. The Kier molecular flexibility index (Phi) is 5.18. The van der Waals surface area contributed by atoms with Gasteiger partial charge in [0.05, 0.1) is 6.20 Å². The van der Waals surface area contributed by atoms with E-state index in [-0.39, 0.29) is 11.9 Å². The minimum atomic E-state index is 0.134. The Morgan fingerprint density at radius 1 is 1.26 bits per heavy atom. The second-order valence-electron chi connectivity index (χ2n) is 5.77. The first kappa shape index (κ1) is 15.5. The predicted molar refractivity (Wildman–Crippen MR) is 86.9 cm³/mol. The van der Waals surface area contributed by atoms with Gasteiger partial charge in [-0.05, 0) is 25.3 Å². The van der Waals surface area contributed by atoms with Crippen molar-refractivity contribution in [2.45, 2.75) is 38.3 Å². The number of hydrogen-bond donors (Lipinski definition) is 1. The van der Waals surface area contributed by atoms with Crippen LogP contribution < -0.4 is 10.2 Å². The van der Waals surface area contributed by atoms with Gasteiger partial charge in [0, 0.05) is 56.9 Å². The van der Waals surface area contributed by atoms with E-state index < -0.39 is 0 Å². The minimum Gasteiger partial charge on any atom is -0.355 e. The number of hydrogen-bond acceptors (Lipinski definition) is 5. The van der Waals surface area contributed by atoms with Gasteiger partial charge in [-0.3, -0.25) is 14.5 Å². The van der Waals surface area contributed by atoms with Crippen LogP contribution in [0.1, 0.15) is 25.7 Å². The highest BCUT2D eigenvalue weighted by molar-refractivity contribution is 5.76. The molecule has 0 radical (unpaired) electrons. The SMILES string of the molecule is O=C(CCCn1cccn1)NC1CCN(c2cnccn2)CC1. The van der Waals surface area contributed by atoms with E-state index in [1.807, 2.05) is 16.9 Å².